The highest BCUT2D eigenvalue weighted by atomic mass is 16.4. The van der Waals surface area contributed by atoms with Crippen LogP contribution in [0.15, 0.2) is 16.9 Å². The van der Waals surface area contributed by atoms with E-state index in [2.05, 4.69) is 35.6 Å². The van der Waals surface area contributed by atoms with Crippen molar-refractivity contribution in [1.29, 1.82) is 0 Å². The van der Waals surface area contributed by atoms with Crippen molar-refractivity contribution < 1.29 is 4.42 Å². The molecule has 8 heteroatoms. The van der Waals surface area contributed by atoms with Gasteiger partial charge in [-0.3, -0.25) is 0 Å². The van der Waals surface area contributed by atoms with Crippen LogP contribution in [0.1, 0.15) is 11.7 Å². The smallest absolute Gasteiger partial charge is 0.226 e. The summed E-state index contributed by atoms with van der Waals surface area (Å²) >= 11 is 0. The summed E-state index contributed by atoms with van der Waals surface area (Å²) in [6.07, 6.45) is 3.26. The maximum absolute atomic E-state index is 5.40. The minimum atomic E-state index is 0.447. The number of imidazole rings is 1. The van der Waals surface area contributed by atoms with Crippen molar-refractivity contribution in [3.63, 3.8) is 0 Å². The highest BCUT2D eigenvalue weighted by Crippen LogP contribution is 2.19. The molecule has 3 heterocycles. The molecule has 0 amide bonds. The molecule has 0 saturated heterocycles. The third-order valence-corrected chi connectivity index (χ3v) is 2.59. The quantitative estimate of drug-likeness (QED) is 0.648. The van der Waals surface area contributed by atoms with Crippen molar-refractivity contribution in [3.8, 4) is 0 Å². The van der Waals surface area contributed by atoms with Crippen molar-refractivity contribution in [3.05, 3.63) is 24.2 Å². The van der Waals surface area contributed by atoms with Crippen LogP contribution in [0.3, 0.4) is 0 Å². The van der Waals surface area contributed by atoms with Crippen molar-refractivity contribution in [2.75, 3.05) is 17.7 Å². The van der Waals surface area contributed by atoms with Crippen molar-refractivity contribution in [2.24, 2.45) is 0 Å². The molecule has 0 atom stereocenters. The summed E-state index contributed by atoms with van der Waals surface area (Å²) in [7, 11) is 1.76. The number of aromatic amines is 1. The monoisotopic (exact) mass is 259 g/mol. The molecule has 0 aliphatic heterocycles. The second-order valence-electron chi connectivity index (χ2n) is 3.97. The average molecular weight is 259 g/mol. The zero-order valence-corrected chi connectivity index (χ0v) is 10.6. The number of nitrogens with one attached hydrogen (secondary N) is 3. The number of H-pyrrole nitrogens is 1. The fraction of sp³-hybridized carbons (Fsp3) is 0.273. The van der Waals surface area contributed by atoms with Gasteiger partial charge in [-0.15, -0.1) is 0 Å². The molecular weight excluding hydrogens is 246 g/mol. The molecule has 98 valence electrons. The number of hydrogen-bond donors (Lipinski definition) is 3. The fourth-order valence-electron chi connectivity index (χ4n) is 1.72. The number of fused-ring (bicyclic) bond motifs is 1. The molecule has 0 saturated carbocycles. The maximum Gasteiger partial charge on any atom is 0.226 e. The van der Waals surface area contributed by atoms with Crippen LogP contribution in [0.2, 0.25) is 0 Å². The minimum Gasteiger partial charge on any atom is -0.444 e. The number of rotatable bonds is 4. The third-order valence-electron chi connectivity index (χ3n) is 2.59. The molecule has 0 aliphatic carbocycles. The molecule has 0 bridgehead atoms. The van der Waals surface area contributed by atoms with Crippen LogP contribution in [0, 0.1) is 6.92 Å². The number of hydrogen-bond acceptors (Lipinski definition) is 7. The van der Waals surface area contributed by atoms with E-state index in [0.717, 1.165) is 11.3 Å². The first kappa shape index (κ1) is 11.5. The zero-order chi connectivity index (χ0) is 13.2. The molecule has 3 rings (SSSR count). The van der Waals surface area contributed by atoms with Crippen molar-refractivity contribution >= 4 is 22.9 Å². The summed E-state index contributed by atoms with van der Waals surface area (Å²) in [5.74, 6) is 2.55. The number of aromatic nitrogens is 5. The Morgan fingerprint density at radius 1 is 1.32 bits per heavy atom. The van der Waals surface area contributed by atoms with E-state index in [1.54, 1.807) is 19.6 Å². The van der Waals surface area contributed by atoms with Gasteiger partial charge in [0.2, 0.25) is 11.8 Å². The first-order valence-electron chi connectivity index (χ1n) is 5.80. The summed E-state index contributed by atoms with van der Waals surface area (Å²) in [5, 5.41) is 6.06. The Bertz CT molecular complexity index is 702. The van der Waals surface area contributed by atoms with Gasteiger partial charge in [0, 0.05) is 7.05 Å². The van der Waals surface area contributed by atoms with E-state index in [9.17, 15) is 0 Å². The van der Waals surface area contributed by atoms with Gasteiger partial charge >= 0.3 is 0 Å². The van der Waals surface area contributed by atoms with Crippen LogP contribution in [-0.4, -0.2) is 32.0 Å². The molecule has 3 aromatic heterocycles. The van der Waals surface area contributed by atoms with Crippen LogP contribution in [-0.2, 0) is 6.54 Å². The molecule has 0 spiro atoms. The lowest BCUT2D eigenvalue weighted by atomic mass is 10.4. The lowest BCUT2D eigenvalue weighted by Crippen LogP contribution is -2.05. The van der Waals surface area contributed by atoms with Gasteiger partial charge in [-0.2, -0.15) is 9.97 Å². The highest BCUT2D eigenvalue weighted by Gasteiger charge is 2.10. The van der Waals surface area contributed by atoms with E-state index < -0.39 is 0 Å². The first-order valence-corrected chi connectivity index (χ1v) is 5.80. The van der Waals surface area contributed by atoms with E-state index >= 15 is 0 Å². The van der Waals surface area contributed by atoms with Gasteiger partial charge in [0.05, 0.1) is 19.1 Å². The molecule has 19 heavy (non-hydrogen) atoms. The van der Waals surface area contributed by atoms with E-state index in [-0.39, 0.29) is 0 Å². The summed E-state index contributed by atoms with van der Waals surface area (Å²) < 4.78 is 5.40. The SMILES string of the molecule is CNc1nc(NCc2ncc(C)o2)c2[nH]cnc2n1. The highest BCUT2D eigenvalue weighted by molar-refractivity contribution is 5.83. The van der Waals surface area contributed by atoms with Crippen LogP contribution < -0.4 is 10.6 Å². The Labute approximate surface area is 108 Å². The Balaban J connectivity index is 1.88. The standard InChI is InChI=1S/C11H13N7O/c1-6-3-13-7(19-6)4-14-9-8-10(16-5-15-8)18-11(12-2)17-9/h3,5H,4H2,1-2H3,(H3,12,14,15,16,17,18). The maximum atomic E-state index is 5.40. The first-order chi connectivity index (χ1) is 9.26. The molecule has 3 N–H and O–H groups in total. The Hall–Kier alpha value is -2.64. The third kappa shape index (κ3) is 2.19. The van der Waals surface area contributed by atoms with Crippen LogP contribution in [0.5, 0.6) is 0 Å². The van der Waals surface area contributed by atoms with Gasteiger partial charge in [-0.25, -0.2) is 9.97 Å². The molecule has 0 fully saturated rings. The molecule has 0 aromatic carbocycles. The Kier molecular flexibility index (Phi) is 2.75. The number of aryl methyl sites for hydroxylation is 1. The van der Waals surface area contributed by atoms with E-state index in [1.807, 2.05) is 6.92 Å². The Morgan fingerprint density at radius 3 is 2.95 bits per heavy atom. The molecule has 0 aliphatic rings. The lowest BCUT2D eigenvalue weighted by Gasteiger charge is -2.06. The normalized spacial score (nSPS) is 10.8. The lowest BCUT2D eigenvalue weighted by molar-refractivity contribution is 0.479. The van der Waals surface area contributed by atoms with E-state index in [4.69, 9.17) is 4.42 Å². The van der Waals surface area contributed by atoms with Crippen LogP contribution in [0.25, 0.3) is 11.2 Å². The Morgan fingerprint density at radius 2 is 2.21 bits per heavy atom. The predicted octanol–water partition coefficient (Wildman–Crippen LogP) is 1.30. The van der Waals surface area contributed by atoms with Crippen molar-refractivity contribution in [1.82, 2.24) is 24.9 Å². The van der Waals surface area contributed by atoms with Gasteiger partial charge in [-0.05, 0) is 6.92 Å². The summed E-state index contributed by atoms with van der Waals surface area (Å²) in [6.45, 7) is 2.30. The van der Waals surface area contributed by atoms with E-state index in [1.165, 1.54) is 0 Å². The van der Waals surface area contributed by atoms with Crippen LogP contribution >= 0.6 is 0 Å². The summed E-state index contributed by atoms with van der Waals surface area (Å²) in [6, 6.07) is 0. The number of oxazole rings is 1. The van der Waals surface area contributed by atoms with Crippen LogP contribution in [0.4, 0.5) is 11.8 Å². The van der Waals surface area contributed by atoms with Gasteiger partial charge < -0.3 is 20.0 Å². The average Bonchev–Trinajstić information content (AvgIpc) is 3.04. The zero-order valence-electron chi connectivity index (χ0n) is 10.6. The van der Waals surface area contributed by atoms with Gasteiger partial charge in [-0.1, -0.05) is 0 Å². The summed E-state index contributed by atoms with van der Waals surface area (Å²) in [4.78, 5) is 19.8. The molecule has 0 radical (unpaired) electrons. The van der Waals surface area contributed by atoms with Gasteiger partial charge in [0.15, 0.2) is 11.5 Å². The molecular formula is C11H13N7O. The largest absolute Gasteiger partial charge is 0.444 e. The summed E-state index contributed by atoms with van der Waals surface area (Å²) in [5.41, 5.74) is 1.35. The van der Waals surface area contributed by atoms with Crippen molar-refractivity contribution in [2.45, 2.75) is 13.5 Å². The fourth-order valence-corrected chi connectivity index (χ4v) is 1.72. The number of nitrogens with zero attached hydrogens (tertiary/aromatic N) is 4. The molecule has 0 unspecified atom stereocenters. The molecule has 8 nitrogen and oxygen atoms in total. The van der Waals surface area contributed by atoms with E-state index in [0.29, 0.717) is 29.8 Å². The predicted molar refractivity (Wildman–Crippen MR) is 69.8 cm³/mol. The minimum absolute atomic E-state index is 0.447. The van der Waals surface area contributed by atoms with Gasteiger partial charge in [0.1, 0.15) is 11.3 Å². The number of anilines is 2. The van der Waals surface area contributed by atoms with Gasteiger partial charge in [0.25, 0.3) is 0 Å². The topological polar surface area (TPSA) is 105 Å². The molecule has 3 aromatic rings. The second-order valence-corrected chi connectivity index (χ2v) is 3.97. The second kappa shape index (κ2) is 4.56.